The van der Waals surface area contributed by atoms with E-state index in [1.165, 1.54) is 5.56 Å². The number of hydrogen-bond acceptors (Lipinski definition) is 5. The second-order valence-corrected chi connectivity index (χ2v) is 6.68. The minimum absolute atomic E-state index is 0.00656. The van der Waals surface area contributed by atoms with Crippen LogP contribution in [0.15, 0.2) is 22.9 Å². The summed E-state index contributed by atoms with van der Waals surface area (Å²) >= 11 is 0. The molecule has 0 aromatic carbocycles. The average Bonchev–Trinajstić information content (AvgIpc) is 3.14. The van der Waals surface area contributed by atoms with E-state index in [9.17, 15) is 4.79 Å². The van der Waals surface area contributed by atoms with Crippen molar-refractivity contribution in [3.05, 3.63) is 46.6 Å². The highest BCUT2D eigenvalue weighted by atomic mass is 16.5. The molecule has 6 heteroatoms. The van der Waals surface area contributed by atoms with Crippen molar-refractivity contribution in [2.24, 2.45) is 0 Å². The molecule has 1 fully saturated rings. The number of hydrogen-bond donors (Lipinski definition) is 0. The number of pyridine rings is 1. The zero-order valence-electron chi connectivity index (χ0n) is 14.7. The van der Waals surface area contributed by atoms with Crippen LogP contribution in [-0.2, 0) is 6.54 Å². The Kier molecular flexibility index (Phi) is 4.66. The van der Waals surface area contributed by atoms with E-state index >= 15 is 0 Å². The zero-order valence-corrected chi connectivity index (χ0v) is 14.7. The molecule has 1 atom stereocenters. The molecule has 1 unspecified atom stereocenters. The number of likely N-dealkylation sites (tertiary alicyclic amines) is 1. The first-order valence-electron chi connectivity index (χ1n) is 8.30. The molecule has 3 rings (SSSR count). The topological polar surface area (TPSA) is 62.5 Å². The molecule has 0 aliphatic carbocycles. The normalized spacial score (nSPS) is 17.7. The lowest BCUT2D eigenvalue weighted by Crippen LogP contribution is -2.31. The Morgan fingerprint density at radius 2 is 2.17 bits per heavy atom. The fraction of sp³-hybridized carbons (Fsp3) is 0.500. The van der Waals surface area contributed by atoms with Crippen molar-refractivity contribution in [2.75, 3.05) is 20.6 Å². The largest absolute Gasteiger partial charge is 0.361 e. The van der Waals surface area contributed by atoms with Gasteiger partial charge in [-0.05, 0) is 52.4 Å². The van der Waals surface area contributed by atoms with Crippen LogP contribution in [-0.4, -0.2) is 46.5 Å². The summed E-state index contributed by atoms with van der Waals surface area (Å²) in [5.74, 6) is 0.574. The summed E-state index contributed by atoms with van der Waals surface area (Å²) in [4.78, 5) is 21.6. The molecular formula is C18H24N4O2. The minimum Gasteiger partial charge on any atom is -0.361 e. The maximum Gasteiger partial charge on any atom is 0.259 e. The van der Waals surface area contributed by atoms with Gasteiger partial charge >= 0.3 is 0 Å². The van der Waals surface area contributed by atoms with Gasteiger partial charge < -0.3 is 14.3 Å². The third kappa shape index (κ3) is 3.19. The van der Waals surface area contributed by atoms with Crippen LogP contribution in [0.5, 0.6) is 0 Å². The lowest BCUT2D eigenvalue weighted by atomic mass is 10.1. The van der Waals surface area contributed by atoms with Gasteiger partial charge in [-0.1, -0.05) is 11.2 Å². The van der Waals surface area contributed by atoms with Gasteiger partial charge in [0.05, 0.1) is 17.4 Å². The van der Waals surface area contributed by atoms with Gasteiger partial charge in [-0.15, -0.1) is 0 Å². The van der Waals surface area contributed by atoms with Gasteiger partial charge in [-0.2, -0.15) is 0 Å². The summed E-state index contributed by atoms with van der Waals surface area (Å²) in [6.45, 7) is 5.20. The van der Waals surface area contributed by atoms with E-state index in [0.717, 1.165) is 31.6 Å². The molecule has 0 spiro atoms. The highest BCUT2D eigenvalue weighted by molar-refractivity contribution is 5.96. The fourth-order valence-electron chi connectivity index (χ4n) is 3.34. The molecule has 0 saturated carbocycles. The molecule has 0 radical (unpaired) electrons. The summed E-state index contributed by atoms with van der Waals surface area (Å²) in [6.07, 6.45) is 3.84. The van der Waals surface area contributed by atoms with E-state index in [4.69, 9.17) is 4.52 Å². The SMILES string of the molecule is Cc1noc(C)c1C(=O)N1CCCC1c1ccc(CN(C)C)cn1. The molecule has 0 N–H and O–H groups in total. The second-order valence-electron chi connectivity index (χ2n) is 6.68. The molecule has 1 aliphatic heterocycles. The third-order valence-corrected chi connectivity index (χ3v) is 4.45. The van der Waals surface area contributed by atoms with E-state index in [1.807, 2.05) is 38.2 Å². The molecule has 3 heterocycles. The van der Waals surface area contributed by atoms with Gasteiger partial charge in [0.1, 0.15) is 11.3 Å². The maximum atomic E-state index is 12.9. The highest BCUT2D eigenvalue weighted by Gasteiger charge is 2.34. The fourth-order valence-corrected chi connectivity index (χ4v) is 3.34. The summed E-state index contributed by atoms with van der Waals surface area (Å²) in [5.41, 5.74) is 3.36. The minimum atomic E-state index is -0.00656. The standard InChI is InChI=1S/C18H24N4O2/c1-12-17(13(2)24-20-12)18(23)22-9-5-6-16(22)15-8-7-14(10-19-15)11-21(3)4/h7-8,10,16H,5-6,9,11H2,1-4H3. The molecule has 24 heavy (non-hydrogen) atoms. The van der Waals surface area contributed by atoms with E-state index in [2.05, 4.69) is 21.1 Å². The Labute approximate surface area is 142 Å². The number of aromatic nitrogens is 2. The van der Waals surface area contributed by atoms with Gasteiger partial charge in [0.15, 0.2) is 0 Å². The molecule has 2 aromatic rings. The molecule has 1 saturated heterocycles. The van der Waals surface area contributed by atoms with Gasteiger partial charge in [-0.25, -0.2) is 0 Å². The van der Waals surface area contributed by atoms with E-state index in [1.54, 1.807) is 6.92 Å². The smallest absolute Gasteiger partial charge is 0.259 e. The predicted molar refractivity (Wildman–Crippen MR) is 90.6 cm³/mol. The molecule has 2 aromatic heterocycles. The lowest BCUT2D eigenvalue weighted by Gasteiger charge is -2.24. The van der Waals surface area contributed by atoms with Crippen LogP contribution in [0.25, 0.3) is 0 Å². The summed E-state index contributed by atoms with van der Waals surface area (Å²) < 4.78 is 5.15. The second kappa shape index (κ2) is 6.73. The summed E-state index contributed by atoms with van der Waals surface area (Å²) in [5, 5.41) is 3.90. The number of aryl methyl sites for hydroxylation is 2. The van der Waals surface area contributed by atoms with Crippen LogP contribution in [0, 0.1) is 13.8 Å². The number of rotatable bonds is 4. The first-order valence-corrected chi connectivity index (χ1v) is 8.30. The number of nitrogens with zero attached hydrogens (tertiary/aromatic N) is 4. The van der Waals surface area contributed by atoms with E-state index < -0.39 is 0 Å². The van der Waals surface area contributed by atoms with Crippen molar-refractivity contribution in [1.82, 2.24) is 19.9 Å². The van der Waals surface area contributed by atoms with Crippen molar-refractivity contribution in [2.45, 2.75) is 39.3 Å². The first kappa shape index (κ1) is 16.6. The average molecular weight is 328 g/mol. The number of carbonyl (C=O) groups is 1. The lowest BCUT2D eigenvalue weighted by molar-refractivity contribution is 0.0730. The predicted octanol–water partition coefficient (Wildman–Crippen LogP) is 2.73. The quantitative estimate of drug-likeness (QED) is 0.863. The van der Waals surface area contributed by atoms with Crippen LogP contribution >= 0.6 is 0 Å². The van der Waals surface area contributed by atoms with Crippen molar-refractivity contribution in [1.29, 1.82) is 0 Å². The van der Waals surface area contributed by atoms with Crippen molar-refractivity contribution < 1.29 is 9.32 Å². The Hall–Kier alpha value is -2.21. The first-order chi connectivity index (χ1) is 11.5. The molecule has 6 nitrogen and oxygen atoms in total. The molecule has 0 bridgehead atoms. The summed E-state index contributed by atoms with van der Waals surface area (Å²) in [6, 6.07) is 4.17. The van der Waals surface area contributed by atoms with Gasteiger partial charge in [-0.3, -0.25) is 9.78 Å². The molecule has 1 amide bonds. The number of amides is 1. The van der Waals surface area contributed by atoms with E-state index in [0.29, 0.717) is 17.0 Å². The van der Waals surface area contributed by atoms with Crippen LogP contribution < -0.4 is 0 Å². The van der Waals surface area contributed by atoms with Gasteiger partial charge in [0.25, 0.3) is 5.91 Å². The third-order valence-electron chi connectivity index (χ3n) is 4.45. The van der Waals surface area contributed by atoms with Gasteiger partial charge in [0.2, 0.25) is 0 Å². The monoisotopic (exact) mass is 328 g/mol. The Balaban J connectivity index is 1.82. The number of carbonyl (C=O) groups excluding carboxylic acids is 1. The molecular weight excluding hydrogens is 304 g/mol. The van der Waals surface area contributed by atoms with E-state index in [-0.39, 0.29) is 11.9 Å². The molecule has 128 valence electrons. The van der Waals surface area contributed by atoms with Crippen molar-refractivity contribution >= 4 is 5.91 Å². The van der Waals surface area contributed by atoms with Crippen molar-refractivity contribution in [3.8, 4) is 0 Å². The van der Waals surface area contributed by atoms with Crippen LogP contribution in [0.1, 0.15) is 52.0 Å². The van der Waals surface area contributed by atoms with Crippen LogP contribution in [0.2, 0.25) is 0 Å². The van der Waals surface area contributed by atoms with Crippen LogP contribution in [0.3, 0.4) is 0 Å². The summed E-state index contributed by atoms with van der Waals surface area (Å²) in [7, 11) is 4.07. The Morgan fingerprint density at radius 1 is 1.38 bits per heavy atom. The molecule has 1 aliphatic rings. The maximum absolute atomic E-state index is 12.9. The van der Waals surface area contributed by atoms with Gasteiger partial charge in [0, 0.05) is 19.3 Å². The highest BCUT2D eigenvalue weighted by Crippen LogP contribution is 2.33. The Morgan fingerprint density at radius 3 is 2.75 bits per heavy atom. The van der Waals surface area contributed by atoms with Crippen molar-refractivity contribution in [3.63, 3.8) is 0 Å². The zero-order chi connectivity index (χ0) is 17.3. The Bertz CT molecular complexity index is 702. The van der Waals surface area contributed by atoms with Crippen LogP contribution in [0.4, 0.5) is 0 Å².